The highest BCUT2D eigenvalue weighted by atomic mass is 35.5. The number of hydrogen-bond acceptors (Lipinski definition) is 5. The van der Waals surface area contributed by atoms with Gasteiger partial charge in [0.2, 0.25) is 0 Å². The standard InChI is InChI=1S/C22H14Cl3FN6O/c1-10(31-21-19-20(28-8-27-19)29-9-30-21)16-6-11-2-5-15(26)18(25)17(11)22(33)32(16)12-3-4-13(23)14(24)7-12/h2-10H,1H3,(H2,27,28,29,30,31). The number of pyridine rings is 1. The van der Waals surface area contributed by atoms with E-state index in [2.05, 4.69) is 25.3 Å². The van der Waals surface area contributed by atoms with Gasteiger partial charge in [-0.1, -0.05) is 40.9 Å². The lowest BCUT2D eigenvalue weighted by molar-refractivity contribution is 0.629. The van der Waals surface area contributed by atoms with Crippen molar-refractivity contribution in [3.05, 3.63) is 86.0 Å². The third kappa shape index (κ3) is 3.70. The Hall–Kier alpha value is -3.20. The molecule has 166 valence electrons. The van der Waals surface area contributed by atoms with E-state index in [1.54, 1.807) is 24.3 Å². The Morgan fingerprint density at radius 2 is 1.88 bits per heavy atom. The highest BCUT2D eigenvalue weighted by molar-refractivity contribution is 6.42. The highest BCUT2D eigenvalue weighted by Crippen LogP contribution is 2.31. The molecule has 0 bridgehead atoms. The minimum Gasteiger partial charge on any atom is -0.360 e. The Balaban J connectivity index is 1.74. The summed E-state index contributed by atoms with van der Waals surface area (Å²) in [7, 11) is 0. The maximum atomic E-state index is 14.2. The van der Waals surface area contributed by atoms with Crippen LogP contribution in [-0.2, 0) is 0 Å². The SMILES string of the molecule is CC(Nc1ncnc2[nH]cnc12)c1cc2ccc(F)c(Cl)c2c(=O)n1-c1ccc(Cl)c(Cl)c1. The lowest BCUT2D eigenvalue weighted by atomic mass is 10.1. The first-order valence-electron chi connectivity index (χ1n) is 9.75. The van der Waals surface area contributed by atoms with Crippen LogP contribution < -0.4 is 10.9 Å². The molecular formula is C22H14Cl3FN6O. The summed E-state index contributed by atoms with van der Waals surface area (Å²) in [5, 5.41) is 4.21. The van der Waals surface area contributed by atoms with Gasteiger partial charge in [0.15, 0.2) is 11.5 Å². The van der Waals surface area contributed by atoms with Crippen molar-refractivity contribution in [2.45, 2.75) is 13.0 Å². The van der Waals surface area contributed by atoms with E-state index >= 15 is 0 Å². The first-order chi connectivity index (χ1) is 15.8. The lowest BCUT2D eigenvalue weighted by Gasteiger charge is -2.22. The van der Waals surface area contributed by atoms with Gasteiger partial charge in [-0.3, -0.25) is 9.36 Å². The topological polar surface area (TPSA) is 88.5 Å². The van der Waals surface area contributed by atoms with Crippen molar-refractivity contribution in [1.82, 2.24) is 24.5 Å². The molecule has 0 amide bonds. The Morgan fingerprint density at radius 3 is 2.67 bits per heavy atom. The van der Waals surface area contributed by atoms with E-state index in [0.717, 1.165) is 0 Å². The third-order valence-electron chi connectivity index (χ3n) is 5.28. The van der Waals surface area contributed by atoms with Crippen molar-refractivity contribution in [1.29, 1.82) is 0 Å². The second-order valence-corrected chi connectivity index (χ2v) is 8.51. The number of aromatic amines is 1. The summed E-state index contributed by atoms with van der Waals surface area (Å²) in [6.45, 7) is 1.86. The molecule has 5 rings (SSSR count). The molecule has 0 aliphatic rings. The number of imidazole rings is 1. The van der Waals surface area contributed by atoms with E-state index in [9.17, 15) is 9.18 Å². The number of anilines is 1. The summed E-state index contributed by atoms with van der Waals surface area (Å²) in [6, 6.07) is 8.89. The summed E-state index contributed by atoms with van der Waals surface area (Å²) in [5.74, 6) is -0.193. The molecule has 5 aromatic rings. The zero-order valence-electron chi connectivity index (χ0n) is 16.9. The van der Waals surface area contributed by atoms with Gasteiger partial charge in [-0.25, -0.2) is 19.3 Å². The molecule has 0 aliphatic carbocycles. The molecule has 1 atom stereocenters. The third-order valence-corrected chi connectivity index (χ3v) is 6.39. The normalized spacial score (nSPS) is 12.4. The fourth-order valence-electron chi connectivity index (χ4n) is 3.71. The molecule has 33 heavy (non-hydrogen) atoms. The number of aromatic nitrogens is 5. The predicted octanol–water partition coefficient (Wildman–Crippen LogP) is 5.93. The smallest absolute Gasteiger partial charge is 0.264 e. The number of halogens is 4. The van der Waals surface area contributed by atoms with Gasteiger partial charge in [-0.2, -0.15) is 0 Å². The highest BCUT2D eigenvalue weighted by Gasteiger charge is 2.21. The first kappa shape index (κ1) is 21.6. The van der Waals surface area contributed by atoms with Crippen LogP contribution >= 0.6 is 34.8 Å². The fourth-order valence-corrected chi connectivity index (χ4v) is 4.26. The fraction of sp³-hybridized carbons (Fsp3) is 0.0909. The van der Waals surface area contributed by atoms with E-state index in [1.807, 2.05) is 6.92 Å². The average molecular weight is 504 g/mol. The second kappa shape index (κ2) is 8.30. The molecule has 3 aromatic heterocycles. The van der Waals surface area contributed by atoms with E-state index in [4.69, 9.17) is 34.8 Å². The van der Waals surface area contributed by atoms with Crippen LogP contribution in [0.15, 0.2) is 53.8 Å². The van der Waals surface area contributed by atoms with Crippen molar-refractivity contribution in [2.24, 2.45) is 0 Å². The molecule has 3 heterocycles. The molecule has 2 N–H and O–H groups in total. The van der Waals surface area contributed by atoms with E-state index in [0.29, 0.717) is 38.8 Å². The van der Waals surface area contributed by atoms with Crippen LogP contribution in [-0.4, -0.2) is 24.5 Å². The van der Waals surface area contributed by atoms with Crippen LogP contribution in [0.25, 0.3) is 27.6 Å². The van der Waals surface area contributed by atoms with Crippen LogP contribution in [0.3, 0.4) is 0 Å². The molecule has 0 fully saturated rings. The van der Waals surface area contributed by atoms with Crippen LogP contribution in [0.1, 0.15) is 18.7 Å². The monoisotopic (exact) mass is 502 g/mol. The summed E-state index contributed by atoms with van der Waals surface area (Å²) in [6.07, 6.45) is 2.93. The summed E-state index contributed by atoms with van der Waals surface area (Å²) in [5.41, 5.74) is 1.65. The number of fused-ring (bicyclic) bond motifs is 2. The van der Waals surface area contributed by atoms with Crippen molar-refractivity contribution >= 4 is 62.6 Å². The Bertz CT molecular complexity index is 1600. The van der Waals surface area contributed by atoms with Gasteiger partial charge in [0.25, 0.3) is 5.56 Å². The van der Waals surface area contributed by atoms with Gasteiger partial charge in [0.05, 0.1) is 38.5 Å². The Labute approximate surface area is 201 Å². The van der Waals surface area contributed by atoms with Crippen LogP contribution in [0.2, 0.25) is 15.1 Å². The zero-order chi connectivity index (χ0) is 23.3. The number of nitrogens with one attached hydrogen (secondary N) is 2. The molecular weight excluding hydrogens is 490 g/mol. The van der Waals surface area contributed by atoms with Crippen molar-refractivity contribution in [3.8, 4) is 5.69 Å². The van der Waals surface area contributed by atoms with E-state index in [-0.39, 0.29) is 15.4 Å². The number of nitrogens with zero attached hydrogens (tertiary/aromatic N) is 4. The van der Waals surface area contributed by atoms with Gasteiger partial charge < -0.3 is 10.3 Å². The number of hydrogen-bond donors (Lipinski definition) is 2. The summed E-state index contributed by atoms with van der Waals surface area (Å²) < 4.78 is 15.6. The quantitative estimate of drug-likeness (QED) is 0.317. The van der Waals surface area contributed by atoms with Gasteiger partial charge in [-0.05, 0) is 42.6 Å². The molecule has 1 unspecified atom stereocenters. The molecule has 0 saturated heterocycles. The van der Waals surface area contributed by atoms with E-state index in [1.165, 1.54) is 29.4 Å². The van der Waals surface area contributed by atoms with Crippen molar-refractivity contribution < 1.29 is 4.39 Å². The molecule has 11 heteroatoms. The van der Waals surface area contributed by atoms with Gasteiger partial charge in [-0.15, -0.1) is 0 Å². The molecule has 7 nitrogen and oxygen atoms in total. The largest absolute Gasteiger partial charge is 0.360 e. The number of H-pyrrole nitrogens is 1. The van der Waals surface area contributed by atoms with Crippen molar-refractivity contribution in [3.63, 3.8) is 0 Å². The predicted molar refractivity (Wildman–Crippen MR) is 128 cm³/mol. The maximum Gasteiger partial charge on any atom is 0.264 e. The van der Waals surface area contributed by atoms with Crippen LogP contribution in [0.5, 0.6) is 0 Å². The number of benzene rings is 2. The minimum atomic E-state index is -0.678. The molecule has 0 spiro atoms. The number of rotatable bonds is 4. The molecule has 2 aromatic carbocycles. The summed E-state index contributed by atoms with van der Waals surface area (Å²) >= 11 is 18.5. The molecule has 0 radical (unpaired) electrons. The van der Waals surface area contributed by atoms with E-state index < -0.39 is 17.4 Å². The van der Waals surface area contributed by atoms with Gasteiger partial charge in [0.1, 0.15) is 17.7 Å². The van der Waals surface area contributed by atoms with Gasteiger partial charge in [0, 0.05) is 5.69 Å². The van der Waals surface area contributed by atoms with Crippen LogP contribution in [0, 0.1) is 5.82 Å². The summed E-state index contributed by atoms with van der Waals surface area (Å²) in [4.78, 5) is 29.2. The first-order valence-corrected chi connectivity index (χ1v) is 10.9. The van der Waals surface area contributed by atoms with Crippen molar-refractivity contribution in [2.75, 3.05) is 5.32 Å². The zero-order valence-corrected chi connectivity index (χ0v) is 19.2. The molecule has 0 saturated carbocycles. The Morgan fingerprint density at radius 1 is 1.06 bits per heavy atom. The van der Waals surface area contributed by atoms with Crippen LogP contribution in [0.4, 0.5) is 10.2 Å². The average Bonchev–Trinajstić information content (AvgIpc) is 3.28. The molecule has 0 aliphatic heterocycles. The Kier molecular flexibility index (Phi) is 5.44. The minimum absolute atomic E-state index is 0.0652. The maximum absolute atomic E-state index is 14.2. The van der Waals surface area contributed by atoms with Gasteiger partial charge >= 0.3 is 0 Å². The second-order valence-electron chi connectivity index (χ2n) is 7.32. The lowest BCUT2D eigenvalue weighted by Crippen LogP contribution is -2.26.